The number of pyridine rings is 1. The van der Waals surface area contributed by atoms with Gasteiger partial charge in [0.25, 0.3) is 11.5 Å². The summed E-state index contributed by atoms with van der Waals surface area (Å²) in [6.07, 6.45) is 4.15. The third kappa shape index (κ3) is 3.53. The Labute approximate surface area is 161 Å². The van der Waals surface area contributed by atoms with Crippen molar-refractivity contribution < 1.29 is 4.79 Å². The van der Waals surface area contributed by atoms with Gasteiger partial charge in [0.05, 0.1) is 11.1 Å². The SMILES string of the molecule is O=C(NCCc1cccnc1)c1nn(-c2ccccc2)c(=O)c2ccccc12. The first-order valence-corrected chi connectivity index (χ1v) is 8.98. The van der Waals surface area contributed by atoms with E-state index >= 15 is 0 Å². The zero-order chi connectivity index (χ0) is 19.3. The van der Waals surface area contributed by atoms with Gasteiger partial charge in [-0.15, -0.1) is 0 Å². The summed E-state index contributed by atoms with van der Waals surface area (Å²) >= 11 is 0. The molecule has 0 atom stereocenters. The molecular formula is C22H18N4O2. The van der Waals surface area contributed by atoms with E-state index in [1.54, 1.807) is 48.8 Å². The molecule has 2 aromatic heterocycles. The zero-order valence-electron chi connectivity index (χ0n) is 15.1. The lowest BCUT2D eigenvalue weighted by Crippen LogP contribution is -2.31. The van der Waals surface area contributed by atoms with Crippen LogP contribution in [0, 0.1) is 0 Å². The molecule has 0 unspecified atom stereocenters. The van der Waals surface area contributed by atoms with Crippen molar-refractivity contribution in [2.75, 3.05) is 6.54 Å². The van der Waals surface area contributed by atoms with Crippen LogP contribution < -0.4 is 10.9 Å². The molecule has 0 aliphatic carbocycles. The van der Waals surface area contributed by atoms with Crippen molar-refractivity contribution in [1.82, 2.24) is 20.1 Å². The summed E-state index contributed by atoms with van der Waals surface area (Å²) in [6, 6.07) is 19.9. The van der Waals surface area contributed by atoms with E-state index in [1.165, 1.54) is 4.68 Å². The van der Waals surface area contributed by atoms with Gasteiger partial charge in [-0.2, -0.15) is 9.78 Å². The van der Waals surface area contributed by atoms with E-state index in [0.717, 1.165) is 5.56 Å². The Balaban J connectivity index is 1.68. The summed E-state index contributed by atoms with van der Waals surface area (Å²) < 4.78 is 1.28. The number of fused-ring (bicyclic) bond motifs is 1. The van der Waals surface area contributed by atoms with Crippen LogP contribution in [-0.2, 0) is 6.42 Å². The van der Waals surface area contributed by atoms with Gasteiger partial charge in [-0.1, -0.05) is 42.5 Å². The van der Waals surface area contributed by atoms with Gasteiger partial charge in [-0.25, -0.2) is 0 Å². The number of carbonyl (C=O) groups excluding carboxylic acids is 1. The van der Waals surface area contributed by atoms with Crippen LogP contribution >= 0.6 is 0 Å². The molecule has 28 heavy (non-hydrogen) atoms. The van der Waals surface area contributed by atoms with Gasteiger partial charge in [-0.05, 0) is 36.2 Å². The second kappa shape index (κ2) is 7.84. The van der Waals surface area contributed by atoms with E-state index in [0.29, 0.717) is 29.4 Å². The number of hydrogen-bond donors (Lipinski definition) is 1. The molecule has 0 bridgehead atoms. The van der Waals surface area contributed by atoms with Crippen molar-refractivity contribution in [2.24, 2.45) is 0 Å². The molecule has 4 rings (SSSR count). The summed E-state index contributed by atoms with van der Waals surface area (Å²) in [7, 11) is 0. The van der Waals surface area contributed by atoms with Crippen molar-refractivity contribution in [3.63, 3.8) is 0 Å². The molecule has 0 fully saturated rings. The van der Waals surface area contributed by atoms with E-state index < -0.39 is 0 Å². The second-order valence-corrected chi connectivity index (χ2v) is 6.31. The standard InChI is InChI=1S/C22H18N4O2/c27-21(24-14-12-16-7-6-13-23-15-16)20-18-10-4-5-11-19(18)22(28)26(25-20)17-8-2-1-3-9-17/h1-11,13,15H,12,14H2,(H,24,27). The van der Waals surface area contributed by atoms with Crippen LogP contribution in [0.4, 0.5) is 0 Å². The molecule has 0 aliphatic rings. The van der Waals surface area contributed by atoms with Gasteiger partial charge in [-0.3, -0.25) is 14.6 Å². The molecule has 4 aromatic rings. The Hall–Kier alpha value is -3.80. The number of carbonyl (C=O) groups is 1. The Morgan fingerprint density at radius 1 is 0.929 bits per heavy atom. The Kier molecular flexibility index (Phi) is 4.93. The highest BCUT2D eigenvalue weighted by Crippen LogP contribution is 2.15. The fraction of sp³-hybridized carbons (Fsp3) is 0.0909. The van der Waals surface area contributed by atoms with Crippen LogP contribution in [0.5, 0.6) is 0 Å². The first kappa shape index (κ1) is 17.6. The molecule has 0 saturated carbocycles. The molecule has 1 N–H and O–H groups in total. The Bertz CT molecular complexity index is 1170. The number of para-hydroxylation sites is 1. The first-order chi connectivity index (χ1) is 13.7. The smallest absolute Gasteiger partial charge is 0.279 e. The minimum absolute atomic E-state index is 0.227. The number of nitrogens with one attached hydrogen (secondary N) is 1. The molecule has 2 aromatic carbocycles. The lowest BCUT2D eigenvalue weighted by Gasteiger charge is -2.11. The van der Waals surface area contributed by atoms with E-state index in [-0.39, 0.29) is 17.2 Å². The number of benzene rings is 2. The quantitative estimate of drug-likeness (QED) is 0.586. The highest BCUT2D eigenvalue weighted by molar-refractivity contribution is 6.04. The number of nitrogens with zero attached hydrogens (tertiary/aromatic N) is 3. The van der Waals surface area contributed by atoms with E-state index in [1.807, 2.05) is 30.3 Å². The minimum atomic E-state index is -0.315. The summed E-state index contributed by atoms with van der Waals surface area (Å²) in [6.45, 7) is 0.449. The average Bonchev–Trinajstić information content (AvgIpc) is 2.75. The average molecular weight is 370 g/mol. The molecule has 0 aliphatic heterocycles. The van der Waals surface area contributed by atoms with Crippen molar-refractivity contribution in [3.05, 3.63) is 101 Å². The maximum atomic E-state index is 12.9. The molecule has 2 heterocycles. The van der Waals surface area contributed by atoms with Crippen LogP contribution in [0.2, 0.25) is 0 Å². The van der Waals surface area contributed by atoms with Gasteiger partial charge in [0, 0.05) is 24.3 Å². The largest absolute Gasteiger partial charge is 0.350 e. The Morgan fingerprint density at radius 3 is 2.43 bits per heavy atom. The summed E-state index contributed by atoms with van der Waals surface area (Å²) in [5.74, 6) is -0.315. The van der Waals surface area contributed by atoms with Crippen molar-refractivity contribution >= 4 is 16.7 Å². The third-order valence-electron chi connectivity index (χ3n) is 4.44. The highest BCUT2D eigenvalue weighted by atomic mass is 16.2. The van der Waals surface area contributed by atoms with Crippen LogP contribution in [0.1, 0.15) is 16.1 Å². The zero-order valence-corrected chi connectivity index (χ0v) is 15.1. The maximum absolute atomic E-state index is 12.9. The molecule has 0 saturated heterocycles. The van der Waals surface area contributed by atoms with Crippen molar-refractivity contribution in [1.29, 1.82) is 0 Å². The maximum Gasteiger partial charge on any atom is 0.279 e. The monoisotopic (exact) mass is 370 g/mol. The van der Waals surface area contributed by atoms with Crippen LogP contribution in [0.25, 0.3) is 16.5 Å². The van der Waals surface area contributed by atoms with Gasteiger partial charge < -0.3 is 5.32 Å². The van der Waals surface area contributed by atoms with Crippen molar-refractivity contribution in [2.45, 2.75) is 6.42 Å². The first-order valence-electron chi connectivity index (χ1n) is 8.98. The fourth-order valence-electron chi connectivity index (χ4n) is 3.05. The van der Waals surface area contributed by atoms with Crippen LogP contribution in [0.15, 0.2) is 83.9 Å². The fourth-order valence-corrected chi connectivity index (χ4v) is 3.05. The van der Waals surface area contributed by atoms with Crippen LogP contribution in [-0.4, -0.2) is 27.2 Å². The third-order valence-corrected chi connectivity index (χ3v) is 4.44. The molecule has 6 nitrogen and oxygen atoms in total. The van der Waals surface area contributed by atoms with Gasteiger partial charge in [0.2, 0.25) is 0 Å². The number of hydrogen-bond acceptors (Lipinski definition) is 4. The lowest BCUT2D eigenvalue weighted by atomic mass is 10.1. The molecule has 138 valence electrons. The topological polar surface area (TPSA) is 76.9 Å². The predicted octanol–water partition coefficient (Wildman–Crippen LogP) is 2.75. The summed E-state index contributed by atoms with van der Waals surface area (Å²) in [4.78, 5) is 29.8. The van der Waals surface area contributed by atoms with E-state index in [2.05, 4.69) is 15.4 Å². The molecule has 0 spiro atoms. The summed E-state index contributed by atoms with van der Waals surface area (Å²) in [5.41, 5.74) is 1.62. The second-order valence-electron chi connectivity index (χ2n) is 6.31. The number of amides is 1. The molecular weight excluding hydrogens is 352 g/mol. The summed E-state index contributed by atoms with van der Waals surface area (Å²) in [5, 5.41) is 8.27. The lowest BCUT2D eigenvalue weighted by molar-refractivity contribution is 0.0949. The number of aromatic nitrogens is 3. The van der Waals surface area contributed by atoms with E-state index in [9.17, 15) is 9.59 Å². The number of rotatable bonds is 5. The molecule has 6 heteroatoms. The van der Waals surface area contributed by atoms with Gasteiger partial charge in [0.1, 0.15) is 0 Å². The molecule has 0 radical (unpaired) electrons. The van der Waals surface area contributed by atoms with E-state index in [4.69, 9.17) is 0 Å². The van der Waals surface area contributed by atoms with Crippen LogP contribution in [0.3, 0.4) is 0 Å². The molecule has 1 amide bonds. The van der Waals surface area contributed by atoms with Gasteiger partial charge in [0.15, 0.2) is 5.69 Å². The minimum Gasteiger partial charge on any atom is -0.350 e. The highest BCUT2D eigenvalue weighted by Gasteiger charge is 2.17. The normalized spacial score (nSPS) is 10.7. The van der Waals surface area contributed by atoms with Crippen molar-refractivity contribution in [3.8, 4) is 5.69 Å². The van der Waals surface area contributed by atoms with Gasteiger partial charge >= 0.3 is 0 Å². The predicted molar refractivity (Wildman–Crippen MR) is 108 cm³/mol. The Morgan fingerprint density at radius 2 is 1.68 bits per heavy atom.